The van der Waals surface area contributed by atoms with E-state index in [1.54, 1.807) is 12.1 Å². The highest BCUT2D eigenvalue weighted by atomic mass is 16.2. The Morgan fingerprint density at radius 2 is 1.85 bits per heavy atom. The number of piperidine rings is 1. The zero-order valence-corrected chi connectivity index (χ0v) is 13.9. The summed E-state index contributed by atoms with van der Waals surface area (Å²) in [5, 5.41) is 4.90. The second-order valence-electron chi connectivity index (χ2n) is 6.79. The number of amides is 5. The predicted octanol–water partition coefficient (Wildman–Crippen LogP) is 0.826. The zero-order valence-electron chi connectivity index (χ0n) is 13.9. The monoisotopic (exact) mass is 355 g/mol. The molecule has 1 aromatic rings. The SMILES string of the molecule is O=C1CCC(N2C(=O)c3cccc(NC(=O)C4CCC4)c3C2=O)C(=O)N1. The Bertz CT molecular complexity index is 858. The van der Waals surface area contributed by atoms with E-state index in [0.717, 1.165) is 24.2 Å². The van der Waals surface area contributed by atoms with Gasteiger partial charge in [0.25, 0.3) is 11.8 Å². The first-order chi connectivity index (χ1) is 12.5. The number of benzene rings is 1. The van der Waals surface area contributed by atoms with Crippen LogP contribution in [0.3, 0.4) is 0 Å². The Morgan fingerprint density at radius 1 is 1.08 bits per heavy atom. The molecule has 1 aromatic carbocycles. The van der Waals surface area contributed by atoms with Gasteiger partial charge in [-0.1, -0.05) is 12.5 Å². The van der Waals surface area contributed by atoms with E-state index in [-0.39, 0.29) is 41.5 Å². The summed E-state index contributed by atoms with van der Waals surface area (Å²) in [5.41, 5.74) is 0.550. The molecule has 5 amide bonds. The lowest BCUT2D eigenvalue weighted by Crippen LogP contribution is -2.54. The zero-order chi connectivity index (χ0) is 18.4. The van der Waals surface area contributed by atoms with E-state index < -0.39 is 29.7 Å². The van der Waals surface area contributed by atoms with Crippen molar-refractivity contribution in [3.63, 3.8) is 0 Å². The first-order valence-corrected chi connectivity index (χ1v) is 8.63. The largest absolute Gasteiger partial charge is 0.325 e. The smallest absolute Gasteiger partial charge is 0.264 e. The molecule has 26 heavy (non-hydrogen) atoms. The molecule has 2 aliphatic heterocycles. The van der Waals surface area contributed by atoms with E-state index in [1.165, 1.54) is 6.07 Å². The third kappa shape index (κ3) is 2.49. The highest BCUT2D eigenvalue weighted by Gasteiger charge is 2.45. The minimum Gasteiger partial charge on any atom is -0.325 e. The first-order valence-electron chi connectivity index (χ1n) is 8.63. The molecule has 2 fully saturated rings. The molecular formula is C18H17N3O5. The summed E-state index contributed by atoms with van der Waals surface area (Å²) >= 11 is 0. The normalized spacial score (nSPS) is 22.8. The quantitative estimate of drug-likeness (QED) is 0.780. The van der Waals surface area contributed by atoms with Crippen molar-refractivity contribution in [3.8, 4) is 0 Å². The van der Waals surface area contributed by atoms with E-state index in [2.05, 4.69) is 10.6 Å². The van der Waals surface area contributed by atoms with Crippen LogP contribution >= 0.6 is 0 Å². The van der Waals surface area contributed by atoms with Crippen LogP contribution in [0.1, 0.15) is 52.8 Å². The van der Waals surface area contributed by atoms with Crippen molar-refractivity contribution >= 4 is 35.2 Å². The third-order valence-electron chi connectivity index (χ3n) is 5.20. The topological polar surface area (TPSA) is 113 Å². The molecule has 0 radical (unpaired) electrons. The van der Waals surface area contributed by atoms with E-state index in [9.17, 15) is 24.0 Å². The second kappa shape index (κ2) is 6.05. The maximum absolute atomic E-state index is 12.9. The van der Waals surface area contributed by atoms with Crippen molar-refractivity contribution in [3.05, 3.63) is 29.3 Å². The number of hydrogen-bond acceptors (Lipinski definition) is 5. The first kappa shape index (κ1) is 16.4. The molecule has 8 heteroatoms. The van der Waals surface area contributed by atoms with Crippen molar-refractivity contribution < 1.29 is 24.0 Å². The number of imide groups is 2. The Morgan fingerprint density at radius 3 is 2.50 bits per heavy atom. The van der Waals surface area contributed by atoms with Crippen LogP contribution in [0, 0.1) is 5.92 Å². The molecule has 134 valence electrons. The Balaban J connectivity index is 1.63. The lowest BCUT2D eigenvalue weighted by atomic mass is 9.84. The summed E-state index contributed by atoms with van der Waals surface area (Å²) < 4.78 is 0. The molecule has 1 atom stereocenters. The van der Waals surface area contributed by atoms with E-state index in [4.69, 9.17) is 0 Å². The van der Waals surface area contributed by atoms with Gasteiger partial charge in [0.2, 0.25) is 17.7 Å². The second-order valence-corrected chi connectivity index (χ2v) is 6.79. The molecule has 1 saturated heterocycles. The van der Waals surface area contributed by atoms with Gasteiger partial charge in [0.15, 0.2) is 0 Å². The van der Waals surface area contributed by atoms with Gasteiger partial charge in [-0.25, -0.2) is 0 Å². The van der Waals surface area contributed by atoms with Crippen LogP contribution < -0.4 is 10.6 Å². The lowest BCUT2D eigenvalue weighted by molar-refractivity contribution is -0.136. The number of anilines is 1. The number of carbonyl (C=O) groups is 5. The van der Waals surface area contributed by atoms with Crippen molar-refractivity contribution in [2.24, 2.45) is 5.92 Å². The number of carbonyl (C=O) groups excluding carboxylic acids is 5. The standard InChI is InChI=1S/C18H17N3O5/c22-13-8-7-12(16(24)20-13)21-17(25)10-5-2-6-11(14(10)18(21)26)19-15(23)9-3-1-4-9/h2,5-6,9,12H,1,3-4,7-8H2,(H,19,23)(H,20,22,24). The minimum atomic E-state index is -1.02. The molecule has 0 spiro atoms. The molecular weight excluding hydrogens is 338 g/mol. The summed E-state index contributed by atoms with van der Waals surface area (Å²) in [4.78, 5) is 62.1. The van der Waals surface area contributed by atoms with Crippen LogP contribution in [0.25, 0.3) is 0 Å². The van der Waals surface area contributed by atoms with Crippen LogP contribution in [0.5, 0.6) is 0 Å². The molecule has 1 unspecified atom stereocenters. The summed E-state index contributed by atoms with van der Waals surface area (Å²) in [6, 6.07) is 3.65. The summed E-state index contributed by atoms with van der Waals surface area (Å²) in [7, 11) is 0. The van der Waals surface area contributed by atoms with Gasteiger partial charge in [0, 0.05) is 12.3 Å². The van der Waals surface area contributed by atoms with Gasteiger partial charge in [-0.2, -0.15) is 0 Å². The molecule has 3 aliphatic rings. The number of nitrogens with zero attached hydrogens (tertiary/aromatic N) is 1. The fraction of sp³-hybridized carbons (Fsp3) is 0.389. The van der Waals surface area contributed by atoms with Crippen LogP contribution in [0.4, 0.5) is 5.69 Å². The van der Waals surface area contributed by atoms with Gasteiger partial charge in [0.1, 0.15) is 6.04 Å². The molecule has 2 N–H and O–H groups in total. The van der Waals surface area contributed by atoms with Gasteiger partial charge in [-0.15, -0.1) is 0 Å². The number of fused-ring (bicyclic) bond motifs is 1. The van der Waals surface area contributed by atoms with E-state index in [1.807, 2.05) is 0 Å². The van der Waals surface area contributed by atoms with E-state index >= 15 is 0 Å². The summed E-state index contributed by atoms with van der Waals surface area (Å²) in [5.74, 6) is -2.51. The average Bonchev–Trinajstić information content (AvgIpc) is 2.79. The van der Waals surface area contributed by atoms with Gasteiger partial charge < -0.3 is 5.32 Å². The Hall–Kier alpha value is -3.03. The van der Waals surface area contributed by atoms with Crippen LogP contribution in [0.2, 0.25) is 0 Å². The van der Waals surface area contributed by atoms with Crippen molar-refractivity contribution in [1.29, 1.82) is 0 Å². The Kier molecular flexibility index (Phi) is 3.82. The lowest BCUT2D eigenvalue weighted by Gasteiger charge is -2.28. The fourth-order valence-corrected chi connectivity index (χ4v) is 3.52. The van der Waals surface area contributed by atoms with Crippen LogP contribution in [-0.4, -0.2) is 40.5 Å². The van der Waals surface area contributed by atoms with Gasteiger partial charge in [-0.3, -0.25) is 34.2 Å². The highest BCUT2D eigenvalue weighted by Crippen LogP contribution is 2.34. The summed E-state index contributed by atoms with van der Waals surface area (Å²) in [6.07, 6.45) is 2.80. The molecule has 8 nitrogen and oxygen atoms in total. The van der Waals surface area contributed by atoms with Crippen molar-refractivity contribution in [2.75, 3.05) is 5.32 Å². The maximum Gasteiger partial charge on any atom is 0.264 e. The predicted molar refractivity (Wildman–Crippen MR) is 89.1 cm³/mol. The molecule has 0 bridgehead atoms. The average molecular weight is 355 g/mol. The van der Waals surface area contributed by atoms with Gasteiger partial charge in [-0.05, 0) is 31.4 Å². The number of nitrogens with one attached hydrogen (secondary N) is 2. The summed E-state index contributed by atoms with van der Waals surface area (Å²) in [6.45, 7) is 0. The van der Waals surface area contributed by atoms with Crippen LogP contribution in [0.15, 0.2) is 18.2 Å². The fourth-order valence-electron chi connectivity index (χ4n) is 3.52. The molecule has 1 saturated carbocycles. The van der Waals surface area contributed by atoms with Crippen molar-refractivity contribution in [1.82, 2.24) is 10.2 Å². The maximum atomic E-state index is 12.9. The number of hydrogen-bond donors (Lipinski definition) is 2. The molecule has 1 aliphatic carbocycles. The molecule has 0 aromatic heterocycles. The third-order valence-corrected chi connectivity index (χ3v) is 5.20. The Labute approximate surface area is 148 Å². The molecule has 4 rings (SSSR count). The highest BCUT2D eigenvalue weighted by molar-refractivity contribution is 6.26. The van der Waals surface area contributed by atoms with Crippen molar-refractivity contribution in [2.45, 2.75) is 38.1 Å². The minimum absolute atomic E-state index is 0.0646. The van der Waals surface area contributed by atoms with Gasteiger partial charge in [0.05, 0.1) is 16.8 Å². The van der Waals surface area contributed by atoms with Crippen LogP contribution in [-0.2, 0) is 14.4 Å². The number of rotatable bonds is 3. The van der Waals surface area contributed by atoms with Gasteiger partial charge >= 0.3 is 0 Å². The van der Waals surface area contributed by atoms with E-state index in [0.29, 0.717) is 0 Å². The molecule has 2 heterocycles.